The molecule has 2 atom stereocenters. The normalized spacial score (nSPS) is 23.3. The van der Waals surface area contributed by atoms with Crippen LogP contribution in [0.2, 0.25) is 0 Å². The Bertz CT molecular complexity index is 1120. The third-order valence-electron chi connectivity index (χ3n) is 5.56. The molecule has 0 bridgehead atoms. The van der Waals surface area contributed by atoms with Gasteiger partial charge in [0, 0.05) is 25.8 Å². The number of Topliss-reactive ketones (excluding diaryl/α,β-unsaturated/α-hetero) is 1. The Morgan fingerprint density at radius 3 is 2.43 bits per heavy atom. The third kappa shape index (κ3) is 3.39. The lowest BCUT2D eigenvalue weighted by atomic mass is 9.94. The van der Waals surface area contributed by atoms with E-state index in [-0.39, 0.29) is 29.3 Å². The number of furan rings is 1. The molecule has 2 aliphatic heterocycles. The Labute approximate surface area is 174 Å². The number of sulfone groups is 1. The number of anilines is 1. The number of hydrogen-bond acceptors (Lipinski definition) is 7. The zero-order valence-electron chi connectivity index (χ0n) is 16.6. The molecule has 8 nitrogen and oxygen atoms in total. The predicted molar refractivity (Wildman–Crippen MR) is 110 cm³/mol. The summed E-state index contributed by atoms with van der Waals surface area (Å²) in [5.74, 6) is -2.23. The van der Waals surface area contributed by atoms with Crippen LogP contribution in [0.5, 0.6) is 0 Å². The largest absolute Gasteiger partial charge is 0.503 e. The first-order valence-electron chi connectivity index (χ1n) is 9.51. The van der Waals surface area contributed by atoms with Gasteiger partial charge in [0.05, 0.1) is 29.4 Å². The Balaban J connectivity index is 1.81. The molecule has 3 heterocycles. The number of amides is 1. The van der Waals surface area contributed by atoms with Gasteiger partial charge in [0.15, 0.2) is 21.4 Å². The van der Waals surface area contributed by atoms with E-state index in [4.69, 9.17) is 4.42 Å². The lowest BCUT2D eigenvalue weighted by molar-refractivity contribution is -0.131. The highest BCUT2D eigenvalue weighted by Crippen LogP contribution is 2.42. The Morgan fingerprint density at radius 2 is 1.90 bits per heavy atom. The number of benzene rings is 1. The van der Waals surface area contributed by atoms with Crippen molar-refractivity contribution < 1.29 is 27.5 Å². The summed E-state index contributed by atoms with van der Waals surface area (Å²) in [4.78, 5) is 29.3. The van der Waals surface area contributed by atoms with Gasteiger partial charge >= 0.3 is 0 Å². The first kappa shape index (κ1) is 20.2. The van der Waals surface area contributed by atoms with Crippen LogP contribution in [0.3, 0.4) is 0 Å². The molecule has 0 radical (unpaired) electrons. The van der Waals surface area contributed by atoms with Crippen LogP contribution in [0.1, 0.15) is 28.6 Å². The summed E-state index contributed by atoms with van der Waals surface area (Å²) in [6, 6.07) is 8.72. The van der Waals surface area contributed by atoms with Crippen molar-refractivity contribution >= 4 is 27.2 Å². The summed E-state index contributed by atoms with van der Waals surface area (Å²) in [5, 5.41) is 10.6. The summed E-state index contributed by atoms with van der Waals surface area (Å²) in [6.07, 6.45) is 1.60. The predicted octanol–water partition coefficient (Wildman–Crippen LogP) is 2.11. The van der Waals surface area contributed by atoms with Crippen LogP contribution < -0.4 is 4.90 Å². The second kappa shape index (κ2) is 7.32. The minimum absolute atomic E-state index is 0.000144. The maximum atomic E-state index is 13.1. The molecule has 9 heteroatoms. The standard InChI is InChI=1S/C21H22N2O6S/c1-22(2)14-7-5-13(6-8-14)18-17(19(24)16-4-3-10-29-16)20(25)21(26)23(18)15-9-11-30(27,28)12-15/h3-8,10,15,18,25H,9,11-12H2,1-2H3. The zero-order chi connectivity index (χ0) is 21.6. The number of aliphatic hydroxyl groups is 1. The van der Waals surface area contributed by atoms with Crippen LogP contribution >= 0.6 is 0 Å². The molecule has 158 valence electrons. The lowest BCUT2D eigenvalue weighted by Gasteiger charge is -2.31. The Kier molecular flexibility index (Phi) is 4.93. The summed E-state index contributed by atoms with van der Waals surface area (Å²) in [7, 11) is 0.498. The van der Waals surface area contributed by atoms with E-state index in [1.807, 2.05) is 31.1 Å². The van der Waals surface area contributed by atoms with E-state index in [0.717, 1.165) is 5.69 Å². The van der Waals surface area contributed by atoms with Gasteiger partial charge in [-0.15, -0.1) is 0 Å². The van der Waals surface area contributed by atoms with Gasteiger partial charge in [-0.2, -0.15) is 0 Å². The molecule has 1 saturated heterocycles. The quantitative estimate of drug-likeness (QED) is 0.724. The van der Waals surface area contributed by atoms with Crippen LogP contribution in [0.4, 0.5) is 5.69 Å². The fourth-order valence-corrected chi connectivity index (χ4v) is 5.76. The summed E-state index contributed by atoms with van der Waals surface area (Å²) in [6.45, 7) is 0. The van der Waals surface area contributed by atoms with Gasteiger partial charge in [-0.3, -0.25) is 9.59 Å². The number of aliphatic hydroxyl groups excluding tert-OH is 1. The SMILES string of the molecule is CN(C)c1ccc(C2C(C(=O)c3ccco3)=C(O)C(=O)N2C2CCS(=O)(=O)C2)cc1. The number of rotatable bonds is 5. The molecule has 0 spiro atoms. The highest BCUT2D eigenvalue weighted by molar-refractivity contribution is 7.91. The van der Waals surface area contributed by atoms with Crippen molar-refractivity contribution in [2.45, 2.75) is 18.5 Å². The maximum absolute atomic E-state index is 13.1. The monoisotopic (exact) mass is 430 g/mol. The van der Waals surface area contributed by atoms with Crippen LogP contribution in [0.15, 0.2) is 58.4 Å². The molecular weight excluding hydrogens is 408 g/mol. The van der Waals surface area contributed by atoms with Gasteiger partial charge in [-0.25, -0.2) is 8.42 Å². The van der Waals surface area contributed by atoms with Crippen LogP contribution in [-0.4, -0.2) is 61.8 Å². The molecule has 1 aromatic carbocycles. The molecular formula is C21H22N2O6S. The molecule has 2 aromatic rings. The second-order valence-corrected chi connectivity index (χ2v) is 9.96. The first-order chi connectivity index (χ1) is 14.2. The highest BCUT2D eigenvalue weighted by Gasteiger charge is 2.49. The van der Waals surface area contributed by atoms with Crippen LogP contribution in [0.25, 0.3) is 0 Å². The molecule has 1 amide bonds. The molecule has 2 unspecified atom stereocenters. The van der Waals surface area contributed by atoms with Gasteiger partial charge < -0.3 is 19.3 Å². The fraction of sp³-hybridized carbons (Fsp3) is 0.333. The molecule has 30 heavy (non-hydrogen) atoms. The smallest absolute Gasteiger partial charge is 0.290 e. The number of carbonyl (C=O) groups excluding carboxylic acids is 2. The van der Waals surface area contributed by atoms with Crippen LogP contribution in [0, 0.1) is 0 Å². The van der Waals surface area contributed by atoms with Crippen molar-refractivity contribution in [3.63, 3.8) is 0 Å². The van der Waals surface area contributed by atoms with Gasteiger partial charge in [0.25, 0.3) is 5.91 Å². The highest BCUT2D eigenvalue weighted by atomic mass is 32.2. The van der Waals surface area contributed by atoms with E-state index in [0.29, 0.717) is 5.56 Å². The van der Waals surface area contributed by atoms with Crippen molar-refractivity contribution in [3.8, 4) is 0 Å². The molecule has 0 saturated carbocycles. The van der Waals surface area contributed by atoms with Gasteiger partial charge in [0.1, 0.15) is 0 Å². The summed E-state index contributed by atoms with van der Waals surface area (Å²) < 4.78 is 29.3. The number of carbonyl (C=O) groups is 2. The first-order valence-corrected chi connectivity index (χ1v) is 11.3. The topological polar surface area (TPSA) is 108 Å². The van der Waals surface area contributed by atoms with Gasteiger partial charge in [-0.1, -0.05) is 12.1 Å². The molecule has 1 N–H and O–H groups in total. The maximum Gasteiger partial charge on any atom is 0.290 e. The average Bonchev–Trinajstić information content (AvgIpc) is 3.41. The number of ketones is 1. The Morgan fingerprint density at radius 1 is 1.20 bits per heavy atom. The van der Waals surface area contributed by atoms with Gasteiger partial charge in [-0.05, 0) is 36.2 Å². The minimum Gasteiger partial charge on any atom is -0.503 e. The van der Waals surface area contributed by atoms with Crippen molar-refractivity contribution in [1.82, 2.24) is 4.90 Å². The van der Waals surface area contributed by atoms with E-state index in [1.54, 1.807) is 18.2 Å². The van der Waals surface area contributed by atoms with Gasteiger partial charge in [0.2, 0.25) is 5.78 Å². The van der Waals surface area contributed by atoms with Crippen molar-refractivity contribution in [3.05, 3.63) is 65.3 Å². The fourth-order valence-electron chi connectivity index (χ4n) is 4.05. The minimum atomic E-state index is -3.28. The van der Waals surface area contributed by atoms with E-state index in [1.165, 1.54) is 17.2 Å². The number of nitrogens with zero attached hydrogens (tertiary/aromatic N) is 2. The second-order valence-electron chi connectivity index (χ2n) is 7.73. The van der Waals surface area contributed by atoms with E-state index in [9.17, 15) is 23.1 Å². The molecule has 1 fully saturated rings. The lowest BCUT2D eigenvalue weighted by Crippen LogP contribution is -2.41. The summed E-state index contributed by atoms with van der Waals surface area (Å²) in [5.41, 5.74) is 1.43. The average molecular weight is 430 g/mol. The van der Waals surface area contributed by atoms with Crippen molar-refractivity contribution in [2.75, 3.05) is 30.5 Å². The van der Waals surface area contributed by atoms with E-state index in [2.05, 4.69) is 0 Å². The molecule has 0 aliphatic carbocycles. The Hall–Kier alpha value is -3.07. The summed E-state index contributed by atoms with van der Waals surface area (Å²) >= 11 is 0. The zero-order valence-corrected chi connectivity index (χ0v) is 17.4. The van der Waals surface area contributed by atoms with Crippen LogP contribution in [-0.2, 0) is 14.6 Å². The molecule has 2 aliphatic rings. The van der Waals surface area contributed by atoms with Crippen molar-refractivity contribution in [2.24, 2.45) is 0 Å². The third-order valence-corrected chi connectivity index (χ3v) is 7.31. The van der Waals surface area contributed by atoms with Crippen molar-refractivity contribution in [1.29, 1.82) is 0 Å². The number of hydrogen-bond donors (Lipinski definition) is 1. The van der Waals surface area contributed by atoms with E-state index >= 15 is 0 Å². The molecule has 4 rings (SSSR count). The molecule has 1 aromatic heterocycles. The van der Waals surface area contributed by atoms with E-state index < -0.39 is 39.4 Å².